The number of amides is 1. The molecule has 3 aromatic carbocycles. The molecule has 0 spiro atoms. The van der Waals surface area contributed by atoms with Crippen LogP contribution in [0.2, 0.25) is 0 Å². The lowest BCUT2D eigenvalue weighted by Gasteiger charge is -2.22. The molecule has 0 bridgehead atoms. The zero-order valence-corrected chi connectivity index (χ0v) is 17.9. The molecule has 0 saturated heterocycles. The van der Waals surface area contributed by atoms with E-state index in [0.29, 0.717) is 12.1 Å². The van der Waals surface area contributed by atoms with Crippen LogP contribution in [0.15, 0.2) is 78.9 Å². The fourth-order valence-electron chi connectivity index (χ4n) is 3.24. The lowest BCUT2D eigenvalue weighted by atomic mass is 9.98. The average molecular weight is 415 g/mol. The van der Waals surface area contributed by atoms with Crippen molar-refractivity contribution in [1.29, 1.82) is 0 Å². The quantitative estimate of drug-likeness (QED) is 0.423. The van der Waals surface area contributed by atoms with Crippen LogP contribution in [-0.4, -0.2) is 35.7 Å². The maximum atomic E-state index is 12.9. The summed E-state index contributed by atoms with van der Waals surface area (Å²) < 4.78 is 5.42. The molecule has 31 heavy (non-hydrogen) atoms. The molecule has 0 fully saturated rings. The van der Waals surface area contributed by atoms with Crippen molar-refractivity contribution in [2.75, 3.05) is 7.05 Å². The van der Waals surface area contributed by atoms with Gasteiger partial charge in [-0.1, -0.05) is 78.4 Å². The van der Waals surface area contributed by atoms with Crippen molar-refractivity contribution in [3.8, 4) is 0 Å². The Morgan fingerprint density at radius 3 is 2.06 bits per heavy atom. The number of ether oxygens (including phenoxy) is 1. The fourth-order valence-corrected chi connectivity index (χ4v) is 3.24. The Labute approximate surface area is 182 Å². The van der Waals surface area contributed by atoms with Crippen molar-refractivity contribution < 1.29 is 19.1 Å². The highest BCUT2D eigenvalue weighted by Gasteiger charge is 2.25. The molecule has 1 amide bonds. The molecule has 0 aliphatic carbocycles. The highest BCUT2D eigenvalue weighted by molar-refractivity contribution is 6.14. The number of aryl methyl sites for hydroxylation is 1. The van der Waals surface area contributed by atoms with Crippen LogP contribution in [0, 0.1) is 6.92 Å². The van der Waals surface area contributed by atoms with Gasteiger partial charge in [-0.3, -0.25) is 9.59 Å². The maximum Gasteiger partial charge on any atom is 0.339 e. The Morgan fingerprint density at radius 2 is 1.42 bits per heavy atom. The first-order valence-corrected chi connectivity index (χ1v) is 10.1. The molecule has 158 valence electrons. The number of hydrogen-bond acceptors (Lipinski definition) is 4. The molecule has 0 aliphatic rings. The molecule has 0 saturated carbocycles. The second kappa shape index (κ2) is 9.85. The number of hydrogen-bond donors (Lipinski definition) is 0. The molecule has 3 aromatic rings. The van der Waals surface area contributed by atoms with Crippen LogP contribution in [0.4, 0.5) is 0 Å². The van der Waals surface area contributed by atoms with Gasteiger partial charge in [0.25, 0.3) is 5.91 Å². The number of rotatable bonds is 7. The molecule has 3 rings (SSSR count). The standard InChI is InChI=1S/C26H25NO4/c1-18-13-15-21(16-14-18)24(28)22-11-7-8-12-23(22)26(30)31-19(2)25(29)27(3)17-20-9-5-4-6-10-20/h4-16,19H,17H2,1-3H3/t19-/m1/s1. The van der Waals surface area contributed by atoms with Gasteiger partial charge in [0.05, 0.1) is 5.56 Å². The number of esters is 1. The van der Waals surface area contributed by atoms with E-state index in [4.69, 9.17) is 4.74 Å². The molecule has 0 unspecified atom stereocenters. The summed E-state index contributed by atoms with van der Waals surface area (Å²) in [6, 6.07) is 23.2. The lowest BCUT2D eigenvalue weighted by molar-refractivity contribution is -0.139. The third-order valence-electron chi connectivity index (χ3n) is 4.98. The van der Waals surface area contributed by atoms with E-state index >= 15 is 0 Å². The van der Waals surface area contributed by atoms with Gasteiger partial charge in [-0.05, 0) is 25.5 Å². The first-order valence-electron chi connectivity index (χ1n) is 10.1. The molecule has 0 N–H and O–H groups in total. The highest BCUT2D eigenvalue weighted by Crippen LogP contribution is 2.17. The highest BCUT2D eigenvalue weighted by atomic mass is 16.5. The largest absolute Gasteiger partial charge is 0.449 e. The van der Waals surface area contributed by atoms with Gasteiger partial charge in [0.15, 0.2) is 11.9 Å². The van der Waals surface area contributed by atoms with Crippen LogP contribution in [0.1, 0.15) is 44.3 Å². The van der Waals surface area contributed by atoms with Crippen LogP contribution < -0.4 is 0 Å². The summed E-state index contributed by atoms with van der Waals surface area (Å²) in [6.45, 7) is 3.88. The van der Waals surface area contributed by atoms with Crippen molar-refractivity contribution in [2.45, 2.75) is 26.5 Å². The summed E-state index contributed by atoms with van der Waals surface area (Å²) in [7, 11) is 1.66. The van der Waals surface area contributed by atoms with Gasteiger partial charge in [-0.2, -0.15) is 0 Å². The van der Waals surface area contributed by atoms with Crippen molar-refractivity contribution in [3.05, 3.63) is 107 Å². The van der Waals surface area contributed by atoms with Gasteiger partial charge < -0.3 is 9.64 Å². The number of ketones is 1. The molecule has 5 nitrogen and oxygen atoms in total. The number of benzene rings is 3. The molecule has 5 heteroatoms. The predicted octanol–water partition coefficient (Wildman–Crippen LogP) is 4.43. The zero-order chi connectivity index (χ0) is 22.4. The summed E-state index contributed by atoms with van der Waals surface area (Å²) in [6.07, 6.45) is -0.983. The molecular formula is C26H25NO4. The number of nitrogens with zero attached hydrogens (tertiary/aromatic N) is 1. The molecule has 0 aliphatic heterocycles. The van der Waals surface area contributed by atoms with Crippen LogP contribution in [0.25, 0.3) is 0 Å². The normalized spacial score (nSPS) is 11.5. The maximum absolute atomic E-state index is 12.9. The minimum atomic E-state index is -0.983. The summed E-state index contributed by atoms with van der Waals surface area (Å²) in [4.78, 5) is 39.9. The van der Waals surface area contributed by atoms with E-state index in [1.165, 1.54) is 17.9 Å². The topological polar surface area (TPSA) is 63.7 Å². The summed E-state index contributed by atoms with van der Waals surface area (Å²) >= 11 is 0. The van der Waals surface area contributed by atoms with Crippen LogP contribution in [0.5, 0.6) is 0 Å². The van der Waals surface area contributed by atoms with Gasteiger partial charge in [-0.25, -0.2) is 4.79 Å². The molecule has 0 heterocycles. The van der Waals surface area contributed by atoms with Crippen LogP contribution in [0.3, 0.4) is 0 Å². The Kier molecular flexibility index (Phi) is 6.98. The van der Waals surface area contributed by atoms with E-state index in [1.54, 1.807) is 37.4 Å². The first-order chi connectivity index (χ1) is 14.9. The minimum Gasteiger partial charge on any atom is -0.449 e. The monoisotopic (exact) mass is 415 g/mol. The number of carbonyl (C=O) groups is 3. The second-order valence-electron chi connectivity index (χ2n) is 7.47. The lowest BCUT2D eigenvalue weighted by Crippen LogP contribution is -2.37. The second-order valence-corrected chi connectivity index (χ2v) is 7.47. The van der Waals surface area contributed by atoms with Gasteiger partial charge in [-0.15, -0.1) is 0 Å². The SMILES string of the molecule is Cc1ccc(C(=O)c2ccccc2C(=O)O[C@H](C)C(=O)N(C)Cc2ccccc2)cc1. The van der Waals surface area contributed by atoms with Crippen molar-refractivity contribution in [3.63, 3.8) is 0 Å². The smallest absolute Gasteiger partial charge is 0.339 e. The summed E-state index contributed by atoms with van der Waals surface area (Å²) in [5, 5.41) is 0. The number of likely N-dealkylation sites (N-methyl/N-ethyl adjacent to an activating group) is 1. The Hall–Kier alpha value is -3.73. The number of carbonyl (C=O) groups excluding carboxylic acids is 3. The Morgan fingerprint density at radius 1 is 0.839 bits per heavy atom. The predicted molar refractivity (Wildman–Crippen MR) is 119 cm³/mol. The Balaban J connectivity index is 1.72. The summed E-state index contributed by atoms with van der Waals surface area (Å²) in [5.41, 5.74) is 2.88. The van der Waals surface area contributed by atoms with Gasteiger partial charge in [0, 0.05) is 24.7 Å². The zero-order valence-electron chi connectivity index (χ0n) is 17.9. The van der Waals surface area contributed by atoms with Crippen molar-refractivity contribution in [1.82, 2.24) is 4.90 Å². The van der Waals surface area contributed by atoms with E-state index in [9.17, 15) is 14.4 Å². The van der Waals surface area contributed by atoms with Gasteiger partial charge in [0.2, 0.25) is 0 Å². The molecule has 0 aromatic heterocycles. The van der Waals surface area contributed by atoms with E-state index in [0.717, 1.165) is 11.1 Å². The van der Waals surface area contributed by atoms with E-state index in [-0.39, 0.29) is 22.8 Å². The minimum absolute atomic E-state index is 0.137. The first kappa shape index (κ1) is 22.0. The van der Waals surface area contributed by atoms with Crippen LogP contribution in [-0.2, 0) is 16.1 Å². The Bertz CT molecular complexity index is 1070. The van der Waals surface area contributed by atoms with Crippen LogP contribution >= 0.6 is 0 Å². The fraction of sp³-hybridized carbons (Fsp3) is 0.192. The molecular weight excluding hydrogens is 390 g/mol. The molecule has 1 atom stereocenters. The summed E-state index contributed by atoms with van der Waals surface area (Å²) in [5.74, 6) is -1.29. The molecule has 0 radical (unpaired) electrons. The third kappa shape index (κ3) is 5.45. The van der Waals surface area contributed by atoms with E-state index < -0.39 is 12.1 Å². The third-order valence-corrected chi connectivity index (χ3v) is 4.98. The van der Waals surface area contributed by atoms with E-state index in [1.807, 2.05) is 49.4 Å². The average Bonchev–Trinajstić information content (AvgIpc) is 2.79. The van der Waals surface area contributed by atoms with Crippen molar-refractivity contribution >= 4 is 17.7 Å². The van der Waals surface area contributed by atoms with Gasteiger partial charge >= 0.3 is 5.97 Å². The van der Waals surface area contributed by atoms with Crippen molar-refractivity contribution in [2.24, 2.45) is 0 Å². The van der Waals surface area contributed by atoms with E-state index in [2.05, 4.69) is 0 Å². The van der Waals surface area contributed by atoms with Gasteiger partial charge in [0.1, 0.15) is 0 Å².